The molecule has 0 radical (unpaired) electrons. The van der Waals surface area contributed by atoms with Crippen LogP contribution in [0.25, 0.3) is 0 Å². The van der Waals surface area contributed by atoms with E-state index < -0.39 is 0 Å². The fourth-order valence-electron chi connectivity index (χ4n) is 3.68. The summed E-state index contributed by atoms with van der Waals surface area (Å²) in [6.07, 6.45) is 5.68. The van der Waals surface area contributed by atoms with Crippen LogP contribution in [0.2, 0.25) is 0 Å². The molecule has 0 saturated heterocycles. The molecule has 2 fully saturated rings. The highest BCUT2D eigenvalue weighted by molar-refractivity contribution is 5.79. The Labute approximate surface area is 113 Å². The molecule has 0 spiro atoms. The molecular formula is C16H20FNO. The van der Waals surface area contributed by atoms with Crippen molar-refractivity contribution >= 4 is 5.91 Å². The molecule has 0 aromatic heterocycles. The minimum atomic E-state index is -0.213. The Morgan fingerprint density at radius 3 is 2.63 bits per heavy atom. The van der Waals surface area contributed by atoms with Crippen LogP contribution in [0, 0.1) is 23.6 Å². The number of nitrogens with one attached hydrogen (secondary N) is 1. The molecule has 2 aliphatic carbocycles. The molecule has 19 heavy (non-hydrogen) atoms. The zero-order chi connectivity index (χ0) is 13.2. The molecule has 0 aliphatic heterocycles. The quantitative estimate of drug-likeness (QED) is 0.887. The summed E-state index contributed by atoms with van der Waals surface area (Å²) in [7, 11) is 0. The second kappa shape index (κ2) is 5.32. The van der Waals surface area contributed by atoms with Gasteiger partial charge in [-0.25, -0.2) is 4.39 Å². The van der Waals surface area contributed by atoms with Crippen LogP contribution >= 0.6 is 0 Å². The van der Waals surface area contributed by atoms with Gasteiger partial charge in [0.1, 0.15) is 5.82 Å². The summed E-state index contributed by atoms with van der Waals surface area (Å²) < 4.78 is 12.8. The van der Waals surface area contributed by atoms with Gasteiger partial charge in [0.15, 0.2) is 0 Å². The van der Waals surface area contributed by atoms with Gasteiger partial charge in [-0.2, -0.15) is 0 Å². The van der Waals surface area contributed by atoms with E-state index in [1.807, 2.05) is 0 Å². The largest absolute Gasteiger partial charge is 0.356 e. The van der Waals surface area contributed by atoms with Gasteiger partial charge >= 0.3 is 0 Å². The van der Waals surface area contributed by atoms with Crippen molar-refractivity contribution in [3.8, 4) is 0 Å². The summed E-state index contributed by atoms with van der Waals surface area (Å²) in [6.45, 7) is 0.651. The average Bonchev–Trinajstić information content (AvgIpc) is 3.03. The maximum Gasteiger partial charge on any atom is 0.223 e. The predicted octanol–water partition coefficient (Wildman–Crippen LogP) is 2.92. The lowest BCUT2D eigenvalue weighted by Crippen LogP contribution is -2.34. The van der Waals surface area contributed by atoms with Crippen molar-refractivity contribution in [1.82, 2.24) is 5.32 Å². The first kappa shape index (κ1) is 12.6. The van der Waals surface area contributed by atoms with Gasteiger partial charge in [-0.05, 0) is 55.2 Å². The van der Waals surface area contributed by atoms with E-state index in [0.29, 0.717) is 12.5 Å². The summed E-state index contributed by atoms with van der Waals surface area (Å²) in [5.41, 5.74) is 1.06. The molecule has 2 saturated carbocycles. The van der Waals surface area contributed by atoms with Crippen LogP contribution in [0.4, 0.5) is 4.39 Å². The molecular weight excluding hydrogens is 241 g/mol. The maximum absolute atomic E-state index is 12.8. The van der Waals surface area contributed by atoms with Crippen LogP contribution in [-0.2, 0) is 11.2 Å². The zero-order valence-electron chi connectivity index (χ0n) is 11.1. The monoisotopic (exact) mass is 261 g/mol. The lowest BCUT2D eigenvalue weighted by molar-refractivity contribution is -0.126. The molecule has 1 aromatic carbocycles. The summed E-state index contributed by atoms with van der Waals surface area (Å²) in [5.74, 6) is 1.71. The molecule has 2 nitrogen and oxygen atoms in total. The molecule has 1 aromatic rings. The minimum absolute atomic E-state index is 0.213. The van der Waals surface area contributed by atoms with E-state index in [2.05, 4.69) is 5.32 Å². The van der Waals surface area contributed by atoms with Crippen LogP contribution in [0.5, 0.6) is 0 Å². The second-order valence-corrected chi connectivity index (χ2v) is 5.95. The van der Waals surface area contributed by atoms with Gasteiger partial charge in [0.2, 0.25) is 5.91 Å². The Balaban J connectivity index is 1.45. The lowest BCUT2D eigenvalue weighted by Gasteiger charge is -2.20. The van der Waals surface area contributed by atoms with Crippen LogP contribution in [0.1, 0.15) is 31.2 Å². The first-order valence-electron chi connectivity index (χ1n) is 7.24. The van der Waals surface area contributed by atoms with Crippen LogP contribution in [0.3, 0.4) is 0 Å². The number of benzene rings is 1. The third-order valence-corrected chi connectivity index (χ3v) is 4.70. The van der Waals surface area contributed by atoms with E-state index >= 15 is 0 Å². The van der Waals surface area contributed by atoms with E-state index in [-0.39, 0.29) is 17.6 Å². The summed E-state index contributed by atoms with van der Waals surface area (Å²) in [4.78, 5) is 12.1. The Kier molecular flexibility index (Phi) is 3.54. The highest BCUT2D eigenvalue weighted by Gasteiger charge is 2.42. The molecule has 2 aliphatic rings. The van der Waals surface area contributed by atoms with Crippen molar-refractivity contribution < 1.29 is 9.18 Å². The smallest absolute Gasteiger partial charge is 0.223 e. The third-order valence-electron chi connectivity index (χ3n) is 4.70. The molecule has 102 valence electrons. The van der Waals surface area contributed by atoms with Gasteiger partial charge in [0, 0.05) is 12.5 Å². The van der Waals surface area contributed by atoms with Crippen molar-refractivity contribution in [3.63, 3.8) is 0 Å². The van der Waals surface area contributed by atoms with Crippen molar-refractivity contribution in [2.24, 2.45) is 17.8 Å². The highest BCUT2D eigenvalue weighted by Crippen LogP contribution is 2.48. The van der Waals surface area contributed by atoms with Gasteiger partial charge in [0.05, 0.1) is 0 Å². The standard InChI is InChI=1S/C16H20FNO/c17-14-5-2-11(3-6-14)7-8-18-16(19)15-10-12-1-4-13(15)9-12/h2-3,5-6,12-13,15H,1,4,7-10H2,(H,18,19). The van der Waals surface area contributed by atoms with E-state index in [1.165, 1.54) is 31.4 Å². The lowest BCUT2D eigenvalue weighted by atomic mass is 9.88. The van der Waals surface area contributed by atoms with Crippen LogP contribution in [0.15, 0.2) is 24.3 Å². The van der Waals surface area contributed by atoms with Gasteiger partial charge < -0.3 is 5.32 Å². The Hall–Kier alpha value is -1.38. The SMILES string of the molecule is O=C(NCCc1ccc(F)cc1)C1CC2CCC1C2. The van der Waals surface area contributed by atoms with E-state index in [9.17, 15) is 9.18 Å². The number of amides is 1. The number of halogens is 1. The van der Waals surface area contributed by atoms with E-state index in [0.717, 1.165) is 24.3 Å². The fourth-order valence-corrected chi connectivity index (χ4v) is 3.68. The Bertz CT molecular complexity index is 456. The van der Waals surface area contributed by atoms with Crippen molar-refractivity contribution in [2.75, 3.05) is 6.54 Å². The van der Waals surface area contributed by atoms with E-state index in [1.54, 1.807) is 12.1 Å². The number of hydrogen-bond donors (Lipinski definition) is 1. The Morgan fingerprint density at radius 2 is 2.00 bits per heavy atom. The number of fused-ring (bicyclic) bond motifs is 2. The van der Waals surface area contributed by atoms with Crippen LogP contribution < -0.4 is 5.32 Å². The molecule has 3 unspecified atom stereocenters. The van der Waals surface area contributed by atoms with Crippen molar-refractivity contribution in [2.45, 2.75) is 32.1 Å². The van der Waals surface area contributed by atoms with Crippen molar-refractivity contribution in [3.05, 3.63) is 35.6 Å². The molecule has 3 atom stereocenters. The molecule has 1 amide bonds. The number of rotatable bonds is 4. The summed E-state index contributed by atoms with van der Waals surface area (Å²) in [5, 5.41) is 3.04. The van der Waals surface area contributed by atoms with Gasteiger partial charge in [0.25, 0.3) is 0 Å². The fraction of sp³-hybridized carbons (Fsp3) is 0.562. The molecule has 1 N–H and O–H groups in total. The number of carbonyl (C=O) groups excluding carboxylic acids is 1. The Morgan fingerprint density at radius 1 is 1.21 bits per heavy atom. The normalized spacial score (nSPS) is 28.6. The number of carbonyl (C=O) groups is 1. The predicted molar refractivity (Wildman–Crippen MR) is 72.1 cm³/mol. The molecule has 3 rings (SSSR count). The van der Waals surface area contributed by atoms with Crippen molar-refractivity contribution in [1.29, 1.82) is 0 Å². The van der Waals surface area contributed by atoms with Gasteiger partial charge in [-0.15, -0.1) is 0 Å². The first-order valence-corrected chi connectivity index (χ1v) is 7.24. The van der Waals surface area contributed by atoms with Gasteiger partial charge in [-0.3, -0.25) is 4.79 Å². The molecule has 3 heteroatoms. The topological polar surface area (TPSA) is 29.1 Å². The first-order chi connectivity index (χ1) is 9.22. The molecule has 0 heterocycles. The minimum Gasteiger partial charge on any atom is -0.356 e. The average molecular weight is 261 g/mol. The molecule has 2 bridgehead atoms. The summed E-state index contributed by atoms with van der Waals surface area (Å²) in [6, 6.07) is 6.48. The van der Waals surface area contributed by atoms with Crippen LogP contribution in [-0.4, -0.2) is 12.5 Å². The van der Waals surface area contributed by atoms with Gasteiger partial charge in [-0.1, -0.05) is 18.6 Å². The number of hydrogen-bond acceptors (Lipinski definition) is 1. The zero-order valence-corrected chi connectivity index (χ0v) is 11.1. The second-order valence-electron chi connectivity index (χ2n) is 5.95. The third kappa shape index (κ3) is 2.80. The maximum atomic E-state index is 12.8. The summed E-state index contributed by atoms with van der Waals surface area (Å²) >= 11 is 0. The van der Waals surface area contributed by atoms with E-state index in [4.69, 9.17) is 0 Å². The highest BCUT2D eigenvalue weighted by atomic mass is 19.1.